The Kier molecular flexibility index (Phi) is 5.08. The number of rotatable bonds is 4. The number of carbonyl (C=O) groups excluding carboxylic acids is 2. The van der Waals surface area contributed by atoms with Crippen LogP contribution in [0.25, 0.3) is 0 Å². The third-order valence-electron chi connectivity index (χ3n) is 4.52. The van der Waals surface area contributed by atoms with Gasteiger partial charge >= 0.3 is 0 Å². The summed E-state index contributed by atoms with van der Waals surface area (Å²) in [6.45, 7) is 2.14. The molecule has 0 bridgehead atoms. The molecule has 1 heterocycles. The maximum atomic E-state index is 14.0. The van der Waals surface area contributed by atoms with Gasteiger partial charge in [-0.3, -0.25) is 9.59 Å². The van der Waals surface area contributed by atoms with Gasteiger partial charge in [-0.15, -0.1) is 0 Å². The number of nitrogens with one attached hydrogen (secondary N) is 1. The molecule has 2 aromatic rings. The zero-order valence-corrected chi connectivity index (χ0v) is 15.0. The van der Waals surface area contributed by atoms with Crippen molar-refractivity contribution >= 4 is 17.5 Å². The fourth-order valence-electron chi connectivity index (χ4n) is 3.12. The van der Waals surface area contributed by atoms with Crippen LogP contribution in [-0.2, 0) is 11.2 Å². The highest BCUT2D eigenvalue weighted by Crippen LogP contribution is 2.28. The number of halogens is 1. The molecular formula is C20H18FN3O3. The number of methoxy groups -OCH3 is 1. The van der Waals surface area contributed by atoms with Crippen molar-refractivity contribution in [1.82, 2.24) is 5.32 Å². The summed E-state index contributed by atoms with van der Waals surface area (Å²) in [4.78, 5) is 26.8. The fourth-order valence-corrected chi connectivity index (χ4v) is 3.12. The Balaban J connectivity index is 1.76. The quantitative estimate of drug-likeness (QED) is 0.900. The minimum Gasteiger partial charge on any atom is -0.495 e. The number of nitrogens with zero attached hydrogens (tertiary/aromatic N) is 2. The zero-order valence-electron chi connectivity index (χ0n) is 15.0. The number of benzene rings is 2. The maximum absolute atomic E-state index is 14.0. The lowest BCUT2D eigenvalue weighted by atomic mass is 10.1. The number of nitriles is 1. The third kappa shape index (κ3) is 3.47. The lowest BCUT2D eigenvalue weighted by Gasteiger charge is -2.22. The van der Waals surface area contributed by atoms with Crippen LogP contribution in [0.4, 0.5) is 10.1 Å². The standard InChI is InChI=1S/C20H18FN3O3/c1-12(20(26)24-8-7-13-5-3-4-6-17(13)24)23-19(25)14-9-16(21)15(11-22)18(10-14)27-2/h3-6,9-10,12H,7-8H2,1-2H3,(H,23,25). The molecule has 0 aromatic heterocycles. The molecule has 3 rings (SSSR count). The summed E-state index contributed by atoms with van der Waals surface area (Å²) in [7, 11) is 1.29. The summed E-state index contributed by atoms with van der Waals surface area (Å²) in [5.74, 6) is -1.75. The van der Waals surface area contributed by atoms with Crippen LogP contribution >= 0.6 is 0 Å². The molecule has 6 nitrogen and oxygen atoms in total. The van der Waals surface area contributed by atoms with Crippen LogP contribution in [0.2, 0.25) is 0 Å². The first-order chi connectivity index (χ1) is 13.0. The van der Waals surface area contributed by atoms with Gasteiger partial charge in [-0.2, -0.15) is 5.26 Å². The van der Waals surface area contributed by atoms with E-state index in [2.05, 4.69) is 5.32 Å². The molecule has 1 atom stereocenters. The second-order valence-electron chi connectivity index (χ2n) is 6.21. The number of fused-ring (bicyclic) bond motifs is 1. The average Bonchev–Trinajstić information content (AvgIpc) is 3.10. The third-order valence-corrected chi connectivity index (χ3v) is 4.52. The van der Waals surface area contributed by atoms with Crippen molar-refractivity contribution in [2.75, 3.05) is 18.6 Å². The van der Waals surface area contributed by atoms with E-state index in [1.54, 1.807) is 17.9 Å². The van der Waals surface area contributed by atoms with Crippen molar-refractivity contribution < 1.29 is 18.7 Å². The van der Waals surface area contributed by atoms with E-state index in [1.807, 2.05) is 24.3 Å². The van der Waals surface area contributed by atoms with Gasteiger partial charge in [0.25, 0.3) is 5.91 Å². The topological polar surface area (TPSA) is 82.4 Å². The molecule has 0 radical (unpaired) electrons. The van der Waals surface area contributed by atoms with E-state index in [0.29, 0.717) is 6.54 Å². The van der Waals surface area contributed by atoms with Gasteiger partial charge in [0.05, 0.1) is 7.11 Å². The number of anilines is 1. The van der Waals surface area contributed by atoms with Gasteiger partial charge in [-0.05, 0) is 37.1 Å². The number of para-hydroxylation sites is 1. The summed E-state index contributed by atoms with van der Waals surface area (Å²) >= 11 is 0. The minimum atomic E-state index is -0.852. The number of amides is 2. The van der Waals surface area contributed by atoms with Crippen LogP contribution in [0.3, 0.4) is 0 Å². The highest BCUT2D eigenvalue weighted by atomic mass is 19.1. The molecule has 0 saturated heterocycles. The highest BCUT2D eigenvalue weighted by Gasteiger charge is 2.29. The summed E-state index contributed by atoms with van der Waals surface area (Å²) in [6.07, 6.45) is 0.764. The summed E-state index contributed by atoms with van der Waals surface area (Å²) in [6, 6.07) is 10.8. The lowest BCUT2D eigenvalue weighted by molar-refractivity contribution is -0.119. The van der Waals surface area contributed by atoms with Crippen LogP contribution in [-0.4, -0.2) is 31.5 Å². The second kappa shape index (κ2) is 7.46. The predicted molar refractivity (Wildman–Crippen MR) is 97.1 cm³/mol. The number of carbonyl (C=O) groups is 2. The van der Waals surface area contributed by atoms with Gasteiger partial charge in [0, 0.05) is 17.8 Å². The van der Waals surface area contributed by atoms with Gasteiger partial charge in [0.1, 0.15) is 29.2 Å². The zero-order chi connectivity index (χ0) is 19.6. The molecule has 0 fully saturated rings. The lowest BCUT2D eigenvalue weighted by Crippen LogP contribution is -2.46. The Morgan fingerprint density at radius 1 is 1.33 bits per heavy atom. The SMILES string of the molecule is COc1cc(C(=O)NC(C)C(=O)N2CCc3ccccc32)cc(F)c1C#N. The molecule has 2 amide bonds. The van der Waals surface area contributed by atoms with Crippen LogP contribution < -0.4 is 15.0 Å². The molecule has 27 heavy (non-hydrogen) atoms. The van der Waals surface area contributed by atoms with Gasteiger partial charge < -0.3 is 15.0 Å². The molecule has 138 valence electrons. The second-order valence-corrected chi connectivity index (χ2v) is 6.21. The average molecular weight is 367 g/mol. The molecule has 0 aliphatic carbocycles. The molecule has 0 saturated carbocycles. The summed E-state index contributed by atoms with van der Waals surface area (Å²) < 4.78 is 19.0. The van der Waals surface area contributed by atoms with E-state index in [1.165, 1.54) is 13.2 Å². The smallest absolute Gasteiger partial charge is 0.252 e. The van der Waals surface area contributed by atoms with E-state index >= 15 is 0 Å². The van der Waals surface area contributed by atoms with Crippen LogP contribution in [0.1, 0.15) is 28.4 Å². The fraction of sp³-hybridized carbons (Fsp3) is 0.250. The molecular weight excluding hydrogens is 349 g/mol. The van der Waals surface area contributed by atoms with E-state index in [-0.39, 0.29) is 22.8 Å². The first kappa shape index (κ1) is 18.4. The number of hydrogen-bond acceptors (Lipinski definition) is 4. The van der Waals surface area contributed by atoms with E-state index in [0.717, 1.165) is 23.7 Å². The largest absolute Gasteiger partial charge is 0.495 e. The van der Waals surface area contributed by atoms with Crippen LogP contribution in [0.15, 0.2) is 36.4 Å². The van der Waals surface area contributed by atoms with Gasteiger partial charge in [-0.1, -0.05) is 18.2 Å². The van der Waals surface area contributed by atoms with Crippen molar-refractivity contribution in [2.24, 2.45) is 0 Å². The Labute approximate surface area is 156 Å². The van der Waals surface area contributed by atoms with E-state index < -0.39 is 17.8 Å². The summed E-state index contributed by atoms with van der Waals surface area (Å²) in [5.41, 5.74) is 1.63. The Hall–Kier alpha value is -3.40. The first-order valence-corrected chi connectivity index (χ1v) is 8.44. The Morgan fingerprint density at radius 2 is 2.07 bits per heavy atom. The normalized spacial score (nSPS) is 13.5. The molecule has 1 unspecified atom stereocenters. The van der Waals surface area contributed by atoms with Gasteiger partial charge in [-0.25, -0.2) is 4.39 Å². The number of ether oxygens (including phenoxy) is 1. The van der Waals surface area contributed by atoms with Crippen molar-refractivity contribution in [3.05, 3.63) is 58.9 Å². The molecule has 7 heteroatoms. The summed E-state index contributed by atoms with van der Waals surface area (Å²) in [5, 5.41) is 11.5. The van der Waals surface area contributed by atoms with Crippen molar-refractivity contribution in [3.8, 4) is 11.8 Å². The van der Waals surface area contributed by atoms with Crippen LogP contribution in [0, 0.1) is 17.1 Å². The monoisotopic (exact) mass is 367 g/mol. The van der Waals surface area contributed by atoms with Gasteiger partial charge in [0.15, 0.2) is 0 Å². The maximum Gasteiger partial charge on any atom is 0.252 e. The van der Waals surface area contributed by atoms with Crippen molar-refractivity contribution in [3.63, 3.8) is 0 Å². The Morgan fingerprint density at radius 3 is 2.78 bits per heavy atom. The molecule has 1 N–H and O–H groups in total. The molecule has 1 aliphatic heterocycles. The number of hydrogen-bond donors (Lipinski definition) is 1. The molecule has 0 spiro atoms. The van der Waals surface area contributed by atoms with E-state index in [4.69, 9.17) is 10.00 Å². The van der Waals surface area contributed by atoms with Crippen molar-refractivity contribution in [2.45, 2.75) is 19.4 Å². The van der Waals surface area contributed by atoms with Crippen LogP contribution in [0.5, 0.6) is 5.75 Å². The Bertz CT molecular complexity index is 952. The first-order valence-electron chi connectivity index (χ1n) is 8.44. The minimum absolute atomic E-state index is 0.0233. The predicted octanol–water partition coefficient (Wildman–Crippen LogP) is 2.41. The van der Waals surface area contributed by atoms with E-state index in [9.17, 15) is 14.0 Å². The molecule has 1 aliphatic rings. The van der Waals surface area contributed by atoms with Crippen molar-refractivity contribution in [1.29, 1.82) is 5.26 Å². The van der Waals surface area contributed by atoms with Gasteiger partial charge in [0.2, 0.25) is 5.91 Å². The highest BCUT2D eigenvalue weighted by molar-refractivity contribution is 6.03. The molecule has 2 aromatic carbocycles.